The van der Waals surface area contributed by atoms with Crippen molar-refractivity contribution in [3.63, 3.8) is 0 Å². The highest BCUT2D eigenvalue weighted by molar-refractivity contribution is 7.80. The minimum Gasteiger partial charge on any atom is -0.497 e. The molecule has 0 unspecified atom stereocenters. The van der Waals surface area contributed by atoms with Crippen LogP contribution in [0.4, 0.5) is 11.4 Å². The average Bonchev–Trinajstić information content (AvgIpc) is 2.51. The number of hydrogen-bond acceptors (Lipinski definition) is 3. The van der Waals surface area contributed by atoms with E-state index >= 15 is 0 Å². The van der Waals surface area contributed by atoms with Crippen LogP contribution in [0.25, 0.3) is 0 Å². The first-order valence-electron chi connectivity index (χ1n) is 6.59. The molecule has 2 rings (SSSR count). The Bertz CT molecular complexity index is 692. The minimum atomic E-state index is 0.448. The fourth-order valence-corrected chi connectivity index (χ4v) is 2.27. The molecule has 116 valence electrons. The molecule has 0 saturated heterocycles. The van der Waals surface area contributed by atoms with Crippen LogP contribution in [0.3, 0.4) is 0 Å². The van der Waals surface area contributed by atoms with Crippen LogP contribution in [0.15, 0.2) is 36.4 Å². The first-order valence-corrected chi connectivity index (χ1v) is 7.38. The van der Waals surface area contributed by atoms with Crippen LogP contribution in [0.2, 0.25) is 5.02 Å². The zero-order chi connectivity index (χ0) is 16.1. The van der Waals surface area contributed by atoms with Gasteiger partial charge in [0.25, 0.3) is 0 Å². The largest absolute Gasteiger partial charge is 0.497 e. The van der Waals surface area contributed by atoms with Gasteiger partial charge >= 0.3 is 0 Å². The van der Waals surface area contributed by atoms with Crippen LogP contribution < -0.4 is 20.1 Å². The number of ether oxygens (including phenoxy) is 2. The summed E-state index contributed by atoms with van der Waals surface area (Å²) in [6.07, 6.45) is 0. The van der Waals surface area contributed by atoms with E-state index in [1.165, 1.54) is 0 Å². The van der Waals surface area contributed by atoms with Crippen molar-refractivity contribution < 1.29 is 9.47 Å². The lowest BCUT2D eigenvalue weighted by Crippen LogP contribution is -2.19. The molecule has 0 bridgehead atoms. The Balaban J connectivity index is 2.10. The van der Waals surface area contributed by atoms with Crippen LogP contribution in [-0.4, -0.2) is 19.3 Å². The van der Waals surface area contributed by atoms with Crippen molar-refractivity contribution in [2.45, 2.75) is 6.92 Å². The topological polar surface area (TPSA) is 42.5 Å². The molecule has 22 heavy (non-hydrogen) atoms. The number of benzene rings is 2. The number of thiocarbonyl (C=S) groups is 1. The van der Waals surface area contributed by atoms with Crippen LogP contribution in [-0.2, 0) is 0 Å². The Labute approximate surface area is 140 Å². The highest BCUT2D eigenvalue weighted by Gasteiger charge is 2.07. The van der Waals surface area contributed by atoms with E-state index in [2.05, 4.69) is 10.6 Å². The molecule has 0 saturated carbocycles. The lowest BCUT2D eigenvalue weighted by atomic mass is 10.2. The van der Waals surface area contributed by atoms with Crippen molar-refractivity contribution in [1.82, 2.24) is 0 Å². The minimum absolute atomic E-state index is 0.448. The Morgan fingerprint density at radius 1 is 1.05 bits per heavy atom. The number of anilines is 2. The molecule has 0 atom stereocenters. The summed E-state index contributed by atoms with van der Waals surface area (Å²) >= 11 is 11.4. The quantitative estimate of drug-likeness (QED) is 0.806. The summed E-state index contributed by atoms with van der Waals surface area (Å²) in [5, 5.41) is 7.32. The molecular formula is C16H17ClN2O2S. The summed E-state index contributed by atoms with van der Waals surface area (Å²) in [6, 6.07) is 11.1. The van der Waals surface area contributed by atoms with Gasteiger partial charge in [0.05, 0.1) is 19.9 Å². The van der Waals surface area contributed by atoms with Gasteiger partial charge < -0.3 is 20.1 Å². The number of hydrogen-bond donors (Lipinski definition) is 2. The Kier molecular flexibility index (Phi) is 5.46. The van der Waals surface area contributed by atoms with E-state index in [0.29, 0.717) is 21.6 Å². The van der Waals surface area contributed by atoms with Gasteiger partial charge in [0.1, 0.15) is 11.5 Å². The maximum Gasteiger partial charge on any atom is 0.175 e. The Hall–Kier alpha value is -1.98. The zero-order valence-electron chi connectivity index (χ0n) is 12.6. The van der Waals surface area contributed by atoms with E-state index in [9.17, 15) is 0 Å². The number of halogens is 1. The molecule has 0 aliphatic carbocycles. The molecule has 0 amide bonds. The predicted molar refractivity (Wildman–Crippen MR) is 95.6 cm³/mol. The number of nitrogens with one attached hydrogen (secondary N) is 2. The van der Waals surface area contributed by atoms with Gasteiger partial charge in [-0.2, -0.15) is 0 Å². The maximum absolute atomic E-state index is 6.10. The molecule has 0 aliphatic rings. The van der Waals surface area contributed by atoms with Gasteiger partial charge in [-0.1, -0.05) is 17.7 Å². The zero-order valence-corrected chi connectivity index (χ0v) is 14.1. The van der Waals surface area contributed by atoms with Gasteiger partial charge in [-0.3, -0.25) is 0 Å². The van der Waals surface area contributed by atoms with Crippen molar-refractivity contribution in [1.29, 1.82) is 0 Å². The molecular weight excluding hydrogens is 320 g/mol. The molecule has 2 N–H and O–H groups in total. The monoisotopic (exact) mass is 336 g/mol. The summed E-state index contributed by atoms with van der Waals surface area (Å²) in [5.41, 5.74) is 2.59. The molecule has 0 radical (unpaired) electrons. The SMILES string of the molecule is COc1ccc(NC(=S)Nc2ccc(C)c(Cl)c2)c(OC)c1. The summed E-state index contributed by atoms with van der Waals surface area (Å²) in [6.45, 7) is 1.95. The smallest absolute Gasteiger partial charge is 0.175 e. The van der Waals surface area contributed by atoms with E-state index < -0.39 is 0 Å². The normalized spacial score (nSPS) is 10.0. The van der Waals surface area contributed by atoms with Gasteiger partial charge in [0.15, 0.2) is 5.11 Å². The van der Waals surface area contributed by atoms with Gasteiger partial charge in [-0.25, -0.2) is 0 Å². The van der Waals surface area contributed by atoms with Gasteiger partial charge in [-0.05, 0) is 49.0 Å². The Morgan fingerprint density at radius 3 is 2.45 bits per heavy atom. The molecule has 2 aromatic rings. The summed E-state index contributed by atoms with van der Waals surface area (Å²) < 4.78 is 10.5. The van der Waals surface area contributed by atoms with E-state index in [1.54, 1.807) is 20.3 Å². The number of methoxy groups -OCH3 is 2. The van der Waals surface area contributed by atoms with Crippen LogP contribution in [0.5, 0.6) is 11.5 Å². The third-order valence-corrected chi connectivity index (χ3v) is 3.70. The summed E-state index contributed by atoms with van der Waals surface area (Å²) in [4.78, 5) is 0. The van der Waals surface area contributed by atoms with E-state index in [0.717, 1.165) is 16.9 Å². The van der Waals surface area contributed by atoms with Crippen LogP contribution in [0, 0.1) is 6.92 Å². The highest BCUT2D eigenvalue weighted by atomic mass is 35.5. The molecule has 2 aromatic carbocycles. The first kappa shape index (κ1) is 16.4. The standard InChI is InChI=1S/C16H17ClN2O2S/c1-10-4-5-11(8-13(10)17)18-16(22)19-14-7-6-12(20-2)9-15(14)21-3/h4-9H,1-3H3,(H2,18,19,22). The van der Waals surface area contributed by atoms with Gasteiger partial charge in [0, 0.05) is 16.8 Å². The Morgan fingerprint density at radius 2 is 1.82 bits per heavy atom. The maximum atomic E-state index is 6.10. The molecule has 6 heteroatoms. The lowest BCUT2D eigenvalue weighted by molar-refractivity contribution is 0.395. The molecule has 0 aromatic heterocycles. The average molecular weight is 337 g/mol. The van der Waals surface area contributed by atoms with Crippen molar-refractivity contribution in [2.24, 2.45) is 0 Å². The third kappa shape index (κ3) is 4.02. The molecule has 4 nitrogen and oxygen atoms in total. The second-order valence-electron chi connectivity index (χ2n) is 4.61. The van der Waals surface area contributed by atoms with Crippen molar-refractivity contribution in [3.8, 4) is 11.5 Å². The first-order chi connectivity index (χ1) is 10.5. The van der Waals surface area contributed by atoms with E-state index in [4.69, 9.17) is 33.3 Å². The summed E-state index contributed by atoms with van der Waals surface area (Å²) in [5.74, 6) is 1.36. The van der Waals surface area contributed by atoms with Crippen LogP contribution in [0.1, 0.15) is 5.56 Å². The van der Waals surface area contributed by atoms with Gasteiger partial charge in [-0.15, -0.1) is 0 Å². The third-order valence-electron chi connectivity index (χ3n) is 3.09. The summed E-state index contributed by atoms with van der Waals surface area (Å²) in [7, 11) is 3.20. The lowest BCUT2D eigenvalue weighted by Gasteiger charge is -2.14. The van der Waals surface area contributed by atoms with Gasteiger partial charge in [0.2, 0.25) is 0 Å². The van der Waals surface area contributed by atoms with Crippen molar-refractivity contribution >= 4 is 40.3 Å². The number of rotatable bonds is 4. The van der Waals surface area contributed by atoms with Crippen LogP contribution >= 0.6 is 23.8 Å². The molecule has 0 spiro atoms. The van der Waals surface area contributed by atoms with E-state index in [1.807, 2.05) is 37.3 Å². The predicted octanol–water partition coefficient (Wildman–Crippen LogP) is 4.47. The van der Waals surface area contributed by atoms with Crippen molar-refractivity contribution in [3.05, 3.63) is 47.0 Å². The second-order valence-corrected chi connectivity index (χ2v) is 5.42. The second kappa shape index (κ2) is 7.33. The number of aryl methyl sites for hydroxylation is 1. The fourth-order valence-electron chi connectivity index (χ4n) is 1.86. The van der Waals surface area contributed by atoms with Crippen molar-refractivity contribution in [2.75, 3.05) is 24.9 Å². The molecule has 0 fully saturated rings. The highest BCUT2D eigenvalue weighted by Crippen LogP contribution is 2.29. The fraction of sp³-hybridized carbons (Fsp3) is 0.188. The molecule has 0 heterocycles. The molecule has 0 aliphatic heterocycles. The van der Waals surface area contributed by atoms with E-state index in [-0.39, 0.29) is 0 Å².